The minimum absolute atomic E-state index is 0.218. The molecule has 0 aromatic heterocycles. The van der Waals surface area contributed by atoms with Gasteiger partial charge < -0.3 is 10.1 Å². The smallest absolute Gasteiger partial charge is 0.133 e. The Hall–Kier alpha value is -1.03. The highest BCUT2D eigenvalue weighted by molar-refractivity contribution is 9.10. The van der Waals surface area contributed by atoms with Gasteiger partial charge in [0, 0.05) is 21.1 Å². The van der Waals surface area contributed by atoms with Crippen LogP contribution in [0.1, 0.15) is 18.5 Å². The van der Waals surface area contributed by atoms with Crippen LogP contribution in [0.4, 0.5) is 0 Å². The number of ether oxygens (including phenoxy) is 1. The van der Waals surface area contributed by atoms with Gasteiger partial charge in [-0.05, 0) is 50.4 Å². The molecule has 0 spiro atoms. The Morgan fingerprint density at radius 2 is 1.84 bits per heavy atom. The molecule has 0 amide bonds. The summed E-state index contributed by atoms with van der Waals surface area (Å²) < 4.78 is 6.93. The fourth-order valence-corrected chi connectivity index (χ4v) is 2.21. The van der Waals surface area contributed by atoms with Crippen LogP contribution in [0.25, 0.3) is 0 Å². The Morgan fingerprint density at radius 1 is 1.16 bits per heavy atom. The minimum Gasteiger partial charge on any atom is -0.457 e. The van der Waals surface area contributed by atoms with Crippen LogP contribution in [0.5, 0.6) is 11.5 Å². The summed E-state index contributed by atoms with van der Waals surface area (Å²) in [5.74, 6) is 1.60. The topological polar surface area (TPSA) is 21.3 Å². The fraction of sp³-hybridized carbons (Fsp3) is 0.200. The molecular formula is C15H15BrClNO. The van der Waals surface area contributed by atoms with Crippen LogP contribution in [-0.2, 0) is 0 Å². The molecule has 0 saturated carbocycles. The molecule has 100 valence electrons. The van der Waals surface area contributed by atoms with E-state index in [-0.39, 0.29) is 6.04 Å². The van der Waals surface area contributed by atoms with Crippen LogP contribution >= 0.6 is 27.5 Å². The maximum Gasteiger partial charge on any atom is 0.133 e. The minimum atomic E-state index is 0.218. The molecule has 2 rings (SSSR count). The van der Waals surface area contributed by atoms with Crippen LogP contribution < -0.4 is 10.1 Å². The summed E-state index contributed by atoms with van der Waals surface area (Å²) in [7, 11) is 1.93. The van der Waals surface area contributed by atoms with Crippen molar-refractivity contribution >= 4 is 27.5 Å². The monoisotopic (exact) mass is 339 g/mol. The average molecular weight is 341 g/mol. The van der Waals surface area contributed by atoms with Gasteiger partial charge in [0.25, 0.3) is 0 Å². The lowest BCUT2D eigenvalue weighted by molar-refractivity contribution is 0.466. The number of hydrogen-bond acceptors (Lipinski definition) is 2. The molecule has 4 heteroatoms. The summed E-state index contributed by atoms with van der Waals surface area (Å²) in [6.45, 7) is 2.10. The van der Waals surface area contributed by atoms with E-state index in [0.29, 0.717) is 5.02 Å². The summed E-state index contributed by atoms with van der Waals surface area (Å²) in [6, 6.07) is 13.6. The van der Waals surface area contributed by atoms with Gasteiger partial charge in [0.1, 0.15) is 11.5 Å². The number of nitrogens with one attached hydrogen (secondary N) is 1. The van der Waals surface area contributed by atoms with Crippen LogP contribution in [0.3, 0.4) is 0 Å². The van der Waals surface area contributed by atoms with Crippen molar-refractivity contribution in [2.75, 3.05) is 7.05 Å². The van der Waals surface area contributed by atoms with Crippen molar-refractivity contribution in [1.29, 1.82) is 0 Å². The van der Waals surface area contributed by atoms with E-state index in [4.69, 9.17) is 16.3 Å². The third-order valence-corrected chi connectivity index (χ3v) is 3.66. The van der Waals surface area contributed by atoms with Crippen molar-refractivity contribution in [2.45, 2.75) is 13.0 Å². The van der Waals surface area contributed by atoms with Gasteiger partial charge in [-0.25, -0.2) is 0 Å². The second-order valence-electron chi connectivity index (χ2n) is 4.25. The molecule has 1 atom stereocenters. The average Bonchev–Trinajstić information content (AvgIpc) is 2.41. The first-order valence-electron chi connectivity index (χ1n) is 6.00. The van der Waals surface area contributed by atoms with E-state index in [0.717, 1.165) is 21.5 Å². The molecule has 0 heterocycles. The number of halogens is 2. The first-order valence-corrected chi connectivity index (χ1v) is 7.17. The zero-order valence-electron chi connectivity index (χ0n) is 10.8. The van der Waals surface area contributed by atoms with Gasteiger partial charge in [0.15, 0.2) is 0 Å². The van der Waals surface area contributed by atoms with Crippen molar-refractivity contribution < 1.29 is 4.74 Å². The zero-order chi connectivity index (χ0) is 13.8. The van der Waals surface area contributed by atoms with E-state index >= 15 is 0 Å². The maximum absolute atomic E-state index is 5.94. The van der Waals surface area contributed by atoms with Gasteiger partial charge in [0.05, 0.1) is 0 Å². The molecule has 0 saturated heterocycles. The van der Waals surface area contributed by atoms with Gasteiger partial charge in [-0.3, -0.25) is 0 Å². The quantitative estimate of drug-likeness (QED) is 0.828. The summed E-state index contributed by atoms with van der Waals surface area (Å²) in [4.78, 5) is 0. The highest BCUT2D eigenvalue weighted by Crippen LogP contribution is 2.32. The Bertz CT molecular complexity index is 557. The van der Waals surface area contributed by atoms with E-state index < -0.39 is 0 Å². The predicted octanol–water partition coefficient (Wildman–Crippen LogP) is 5.18. The Labute approximate surface area is 126 Å². The van der Waals surface area contributed by atoms with Crippen molar-refractivity contribution in [3.63, 3.8) is 0 Å². The lowest BCUT2D eigenvalue weighted by Crippen LogP contribution is -2.13. The molecule has 1 N–H and O–H groups in total. The lowest BCUT2D eigenvalue weighted by Gasteiger charge is -2.16. The number of hydrogen-bond donors (Lipinski definition) is 1. The van der Waals surface area contributed by atoms with Gasteiger partial charge in [0.2, 0.25) is 0 Å². The van der Waals surface area contributed by atoms with E-state index in [9.17, 15) is 0 Å². The van der Waals surface area contributed by atoms with Gasteiger partial charge in [-0.2, -0.15) is 0 Å². The fourth-order valence-electron chi connectivity index (χ4n) is 1.74. The summed E-state index contributed by atoms with van der Waals surface area (Å²) >= 11 is 9.34. The third-order valence-electron chi connectivity index (χ3n) is 2.92. The summed E-state index contributed by atoms with van der Waals surface area (Å²) in [5, 5.41) is 3.92. The Balaban J connectivity index is 2.32. The van der Waals surface area contributed by atoms with Crippen molar-refractivity contribution in [1.82, 2.24) is 5.32 Å². The maximum atomic E-state index is 5.94. The molecule has 19 heavy (non-hydrogen) atoms. The van der Waals surface area contributed by atoms with E-state index in [1.54, 1.807) is 0 Å². The third kappa shape index (κ3) is 3.72. The summed E-state index contributed by atoms with van der Waals surface area (Å²) in [6.07, 6.45) is 0. The van der Waals surface area contributed by atoms with Crippen molar-refractivity contribution in [3.8, 4) is 11.5 Å². The zero-order valence-corrected chi connectivity index (χ0v) is 13.1. The molecule has 2 nitrogen and oxygen atoms in total. The Kier molecular flexibility index (Phi) is 4.86. The number of benzene rings is 2. The highest BCUT2D eigenvalue weighted by Gasteiger charge is 2.11. The molecule has 2 aromatic rings. The van der Waals surface area contributed by atoms with Gasteiger partial charge in [-0.15, -0.1) is 0 Å². The van der Waals surface area contributed by atoms with Crippen LogP contribution in [0.2, 0.25) is 5.02 Å². The van der Waals surface area contributed by atoms with E-state index in [1.165, 1.54) is 0 Å². The highest BCUT2D eigenvalue weighted by atomic mass is 79.9. The van der Waals surface area contributed by atoms with Crippen LogP contribution in [0.15, 0.2) is 46.9 Å². The van der Waals surface area contributed by atoms with E-state index in [2.05, 4.69) is 34.2 Å². The Morgan fingerprint density at radius 3 is 2.47 bits per heavy atom. The van der Waals surface area contributed by atoms with Crippen molar-refractivity contribution in [3.05, 3.63) is 57.5 Å². The normalized spacial score (nSPS) is 12.2. The number of rotatable bonds is 4. The molecule has 1 unspecified atom stereocenters. The first-order chi connectivity index (χ1) is 9.10. The first kappa shape index (κ1) is 14.4. The molecule has 0 aliphatic carbocycles. The standard InChI is InChI=1S/C15H15BrClNO/c1-10(18-2)14-8-3-11(16)9-15(14)19-13-6-4-12(17)5-7-13/h3-10,18H,1-2H3. The predicted molar refractivity (Wildman–Crippen MR) is 83.1 cm³/mol. The van der Waals surface area contributed by atoms with Gasteiger partial charge in [-0.1, -0.05) is 33.6 Å². The summed E-state index contributed by atoms with van der Waals surface area (Å²) in [5.41, 5.74) is 1.11. The largest absolute Gasteiger partial charge is 0.457 e. The SMILES string of the molecule is CNC(C)c1ccc(Br)cc1Oc1ccc(Cl)cc1. The van der Waals surface area contributed by atoms with Gasteiger partial charge >= 0.3 is 0 Å². The molecular weight excluding hydrogens is 326 g/mol. The molecule has 2 aromatic carbocycles. The molecule has 0 aliphatic heterocycles. The molecule has 0 fully saturated rings. The second kappa shape index (κ2) is 6.42. The van der Waals surface area contributed by atoms with Crippen LogP contribution in [-0.4, -0.2) is 7.05 Å². The lowest BCUT2D eigenvalue weighted by atomic mass is 10.1. The molecule has 0 radical (unpaired) electrons. The van der Waals surface area contributed by atoms with Crippen molar-refractivity contribution in [2.24, 2.45) is 0 Å². The molecule has 0 aliphatic rings. The second-order valence-corrected chi connectivity index (χ2v) is 5.60. The molecule has 0 bridgehead atoms. The van der Waals surface area contributed by atoms with E-state index in [1.807, 2.05) is 43.4 Å². The van der Waals surface area contributed by atoms with Crippen LogP contribution in [0, 0.1) is 0 Å².